The fraction of sp³-hybridized carbons (Fsp3) is 0.625. The molecule has 0 aliphatic carbocycles. The van der Waals surface area contributed by atoms with Crippen molar-refractivity contribution in [3.05, 3.63) is 11.8 Å². The van der Waals surface area contributed by atoms with E-state index < -0.39 is 10.0 Å². The van der Waals surface area contributed by atoms with E-state index in [1.165, 1.54) is 10.5 Å². The molecule has 5 nitrogen and oxygen atoms in total. The first kappa shape index (κ1) is 10.9. The van der Waals surface area contributed by atoms with Gasteiger partial charge in [0.2, 0.25) is 0 Å². The van der Waals surface area contributed by atoms with Crippen LogP contribution in [0.15, 0.2) is 11.2 Å². The van der Waals surface area contributed by atoms with Crippen LogP contribution >= 0.6 is 11.6 Å². The number of H-pyrrole nitrogens is 1. The van der Waals surface area contributed by atoms with Gasteiger partial charge in [-0.15, -0.1) is 11.6 Å². The second-order valence-corrected chi connectivity index (χ2v) is 5.61. The largest absolute Gasteiger partial charge is 0.266 e. The molecule has 7 heteroatoms. The summed E-state index contributed by atoms with van der Waals surface area (Å²) in [5.74, 6) is 0.152. The van der Waals surface area contributed by atoms with Crippen molar-refractivity contribution in [1.29, 1.82) is 0 Å². The average molecular weight is 250 g/mol. The summed E-state index contributed by atoms with van der Waals surface area (Å²) in [5.41, 5.74) is 0.531. The Bertz CT molecular complexity index is 436. The molecule has 1 aliphatic rings. The van der Waals surface area contributed by atoms with Crippen LogP contribution in [0.5, 0.6) is 0 Å². The lowest BCUT2D eigenvalue weighted by Crippen LogP contribution is -2.28. The predicted molar refractivity (Wildman–Crippen MR) is 56.1 cm³/mol. The van der Waals surface area contributed by atoms with E-state index in [1.807, 2.05) is 0 Å². The number of nitrogens with one attached hydrogen (secondary N) is 1. The number of aromatic amines is 1. The Balaban J connectivity index is 2.36. The lowest BCUT2D eigenvalue weighted by atomic mass is 10.4. The lowest BCUT2D eigenvalue weighted by molar-refractivity contribution is 0.473. The van der Waals surface area contributed by atoms with E-state index in [0.29, 0.717) is 18.7 Å². The molecule has 1 N–H and O–H groups in total. The molecule has 15 heavy (non-hydrogen) atoms. The number of sulfonamides is 1. The third kappa shape index (κ3) is 1.89. The van der Waals surface area contributed by atoms with Gasteiger partial charge in [-0.2, -0.15) is 9.40 Å². The summed E-state index contributed by atoms with van der Waals surface area (Å²) in [4.78, 5) is 0. The number of aromatic nitrogens is 2. The second-order valence-electron chi connectivity index (χ2n) is 3.47. The minimum Gasteiger partial charge on any atom is -0.266 e. The van der Waals surface area contributed by atoms with Crippen LogP contribution in [0.3, 0.4) is 0 Å². The number of hydrogen-bond donors (Lipinski definition) is 1. The third-order valence-corrected chi connectivity index (χ3v) is 4.69. The van der Waals surface area contributed by atoms with E-state index >= 15 is 0 Å². The van der Waals surface area contributed by atoms with Crippen LogP contribution in [0.4, 0.5) is 0 Å². The molecule has 0 atom stereocenters. The standard InChI is InChI=1S/C8H12ClN3O2S/c9-5-7-6-10-11-8(7)15(13,14)12-3-1-2-4-12/h6H,1-5H2,(H,10,11). The first-order chi connectivity index (χ1) is 7.16. The molecule has 1 aliphatic heterocycles. The van der Waals surface area contributed by atoms with E-state index in [9.17, 15) is 8.42 Å². The Labute approximate surface area is 93.5 Å². The molecule has 0 unspecified atom stereocenters. The van der Waals surface area contributed by atoms with E-state index in [-0.39, 0.29) is 10.9 Å². The molecule has 2 heterocycles. The summed E-state index contributed by atoms with van der Waals surface area (Å²) in [6.07, 6.45) is 3.29. The first-order valence-corrected chi connectivity index (χ1v) is 6.72. The van der Waals surface area contributed by atoms with Gasteiger partial charge in [-0.05, 0) is 12.8 Å². The maximum absolute atomic E-state index is 12.1. The van der Waals surface area contributed by atoms with Crippen molar-refractivity contribution in [1.82, 2.24) is 14.5 Å². The average Bonchev–Trinajstić information content (AvgIpc) is 2.89. The van der Waals surface area contributed by atoms with Crippen molar-refractivity contribution < 1.29 is 8.42 Å². The van der Waals surface area contributed by atoms with Crippen LogP contribution in [-0.4, -0.2) is 36.0 Å². The summed E-state index contributed by atoms with van der Waals surface area (Å²) in [6, 6.07) is 0. The molecule has 0 amide bonds. The van der Waals surface area contributed by atoms with Crippen LogP contribution in [0.25, 0.3) is 0 Å². The highest BCUT2D eigenvalue weighted by atomic mass is 35.5. The zero-order valence-corrected chi connectivity index (χ0v) is 9.68. The number of alkyl halides is 1. The van der Waals surface area contributed by atoms with E-state index in [4.69, 9.17) is 11.6 Å². The summed E-state index contributed by atoms with van der Waals surface area (Å²) >= 11 is 5.64. The zero-order valence-electron chi connectivity index (χ0n) is 8.11. The number of nitrogens with zero attached hydrogens (tertiary/aromatic N) is 2. The zero-order chi connectivity index (χ0) is 10.9. The number of hydrogen-bond acceptors (Lipinski definition) is 3. The smallest absolute Gasteiger partial charge is 0.260 e. The van der Waals surface area contributed by atoms with Crippen molar-refractivity contribution in [3.63, 3.8) is 0 Å². The van der Waals surface area contributed by atoms with Gasteiger partial charge in [0.15, 0.2) is 5.03 Å². The van der Waals surface area contributed by atoms with Gasteiger partial charge in [-0.25, -0.2) is 8.42 Å². The molecule has 1 aromatic heterocycles. The van der Waals surface area contributed by atoms with Gasteiger partial charge in [-0.1, -0.05) is 0 Å². The highest BCUT2D eigenvalue weighted by Crippen LogP contribution is 2.22. The van der Waals surface area contributed by atoms with Crippen molar-refractivity contribution in [2.75, 3.05) is 13.1 Å². The lowest BCUT2D eigenvalue weighted by Gasteiger charge is -2.14. The maximum Gasteiger partial charge on any atom is 0.260 e. The van der Waals surface area contributed by atoms with Crippen molar-refractivity contribution in [3.8, 4) is 0 Å². The SMILES string of the molecule is O=S(=O)(c1[nH]ncc1CCl)N1CCCC1. The van der Waals surface area contributed by atoms with Crippen LogP contribution < -0.4 is 0 Å². The quantitative estimate of drug-likeness (QED) is 0.811. The van der Waals surface area contributed by atoms with Crippen molar-refractivity contribution in [2.45, 2.75) is 23.7 Å². The molecule has 0 spiro atoms. The summed E-state index contributed by atoms with van der Waals surface area (Å²) in [5, 5.41) is 6.36. The normalized spacial score (nSPS) is 18.5. The second kappa shape index (κ2) is 4.11. The van der Waals surface area contributed by atoms with Gasteiger partial charge in [0.05, 0.1) is 12.1 Å². The Morgan fingerprint density at radius 2 is 2.13 bits per heavy atom. The number of rotatable bonds is 3. The summed E-state index contributed by atoms with van der Waals surface area (Å²) in [7, 11) is -3.41. The molecule has 84 valence electrons. The van der Waals surface area contributed by atoms with Crippen LogP contribution in [-0.2, 0) is 15.9 Å². The number of halogens is 1. The van der Waals surface area contributed by atoms with Crippen LogP contribution in [0, 0.1) is 0 Å². The van der Waals surface area contributed by atoms with Crippen molar-refractivity contribution >= 4 is 21.6 Å². The molecular weight excluding hydrogens is 238 g/mol. The Morgan fingerprint density at radius 1 is 1.47 bits per heavy atom. The van der Waals surface area contributed by atoms with Crippen LogP contribution in [0.2, 0.25) is 0 Å². The molecule has 1 saturated heterocycles. The monoisotopic (exact) mass is 249 g/mol. The van der Waals surface area contributed by atoms with Gasteiger partial charge in [0.1, 0.15) is 0 Å². The molecule has 1 fully saturated rings. The Hall–Kier alpha value is -0.590. The Morgan fingerprint density at radius 3 is 2.73 bits per heavy atom. The van der Waals surface area contributed by atoms with Gasteiger partial charge < -0.3 is 0 Å². The highest BCUT2D eigenvalue weighted by Gasteiger charge is 2.30. The first-order valence-electron chi connectivity index (χ1n) is 4.74. The minimum atomic E-state index is -3.41. The van der Waals surface area contributed by atoms with Gasteiger partial charge in [-0.3, -0.25) is 5.10 Å². The van der Waals surface area contributed by atoms with E-state index in [2.05, 4.69) is 10.2 Å². The molecular formula is C8H12ClN3O2S. The topological polar surface area (TPSA) is 66.1 Å². The van der Waals surface area contributed by atoms with E-state index in [0.717, 1.165) is 12.8 Å². The van der Waals surface area contributed by atoms with Gasteiger partial charge >= 0.3 is 0 Å². The molecule has 0 saturated carbocycles. The predicted octanol–water partition coefficient (Wildman–Crippen LogP) is 0.933. The molecule has 1 aromatic rings. The third-order valence-electron chi connectivity index (χ3n) is 2.49. The Kier molecular flexibility index (Phi) is 2.99. The molecule has 2 rings (SSSR count). The van der Waals surface area contributed by atoms with Gasteiger partial charge in [0, 0.05) is 18.7 Å². The van der Waals surface area contributed by atoms with E-state index in [1.54, 1.807) is 0 Å². The van der Waals surface area contributed by atoms with Crippen molar-refractivity contribution in [2.24, 2.45) is 0 Å². The van der Waals surface area contributed by atoms with Gasteiger partial charge in [0.25, 0.3) is 10.0 Å². The maximum atomic E-state index is 12.1. The summed E-state index contributed by atoms with van der Waals surface area (Å²) in [6.45, 7) is 1.17. The molecule has 0 radical (unpaired) electrons. The molecule has 0 bridgehead atoms. The molecule has 0 aromatic carbocycles. The fourth-order valence-electron chi connectivity index (χ4n) is 1.68. The highest BCUT2D eigenvalue weighted by molar-refractivity contribution is 7.89. The summed E-state index contributed by atoms with van der Waals surface area (Å²) < 4.78 is 25.6. The van der Waals surface area contributed by atoms with Crippen LogP contribution in [0.1, 0.15) is 18.4 Å². The fourth-order valence-corrected chi connectivity index (χ4v) is 3.58. The minimum absolute atomic E-state index is 0.138.